The second kappa shape index (κ2) is 9.01. The van der Waals surface area contributed by atoms with Crippen molar-refractivity contribution in [1.82, 2.24) is 5.43 Å². The van der Waals surface area contributed by atoms with Crippen molar-refractivity contribution in [1.29, 1.82) is 0 Å². The lowest BCUT2D eigenvalue weighted by atomic mass is 10.2. The maximum atomic E-state index is 12.1. The largest absolute Gasteiger partial charge is 0.489 e. The van der Waals surface area contributed by atoms with Gasteiger partial charge in [0, 0.05) is 10.6 Å². The molecule has 0 bridgehead atoms. The van der Waals surface area contributed by atoms with Gasteiger partial charge in [0.15, 0.2) is 0 Å². The summed E-state index contributed by atoms with van der Waals surface area (Å²) >= 11 is 5.86. The molecule has 1 N–H and O–H groups in total. The number of aryl methyl sites for hydroxylation is 1. The Balaban J connectivity index is 1.52. The van der Waals surface area contributed by atoms with Crippen LogP contribution in [0.15, 0.2) is 77.9 Å². The number of hydrogen-bond acceptors (Lipinski definition) is 3. The summed E-state index contributed by atoms with van der Waals surface area (Å²) in [6.07, 6.45) is 1.61. The van der Waals surface area contributed by atoms with E-state index in [9.17, 15) is 4.79 Å². The standard InChI is InChI=1S/C22H19ClN2O2/c1-16-2-4-17(5-3-16)14-24-25-22(26)19-8-12-21(13-9-19)27-15-18-6-10-20(23)11-7-18/h2-14H,15H2,1H3,(H,25,26). The third kappa shape index (κ3) is 5.69. The van der Waals surface area contributed by atoms with Gasteiger partial charge in [-0.1, -0.05) is 53.6 Å². The predicted octanol–water partition coefficient (Wildman–Crippen LogP) is 4.99. The molecule has 0 saturated carbocycles. The highest BCUT2D eigenvalue weighted by Crippen LogP contribution is 2.15. The van der Waals surface area contributed by atoms with E-state index in [1.165, 1.54) is 5.56 Å². The van der Waals surface area contributed by atoms with Crippen LogP contribution in [0.2, 0.25) is 5.02 Å². The minimum Gasteiger partial charge on any atom is -0.489 e. The van der Waals surface area contributed by atoms with Gasteiger partial charge in [0.05, 0.1) is 6.21 Å². The van der Waals surface area contributed by atoms with E-state index >= 15 is 0 Å². The fourth-order valence-electron chi connectivity index (χ4n) is 2.33. The molecule has 0 unspecified atom stereocenters. The fourth-order valence-corrected chi connectivity index (χ4v) is 2.46. The van der Waals surface area contributed by atoms with Gasteiger partial charge >= 0.3 is 0 Å². The Labute approximate surface area is 163 Å². The van der Waals surface area contributed by atoms with Crippen molar-refractivity contribution in [3.63, 3.8) is 0 Å². The molecule has 27 heavy (non-hydrogen) atoms. The zero-order valence-corrected chi connectivity index (χ0v) is 15.6. The van der Waals surface area contributed by atoms with E-state index in [1.54, 1.807) is 30.5 Å². The molecule has 0 aliphatic rings. The van der Waals surface area contributed by atoms with Crippen molar-refractivity contribution in [2.75, 3.05) is 0 Å². The van der Waals surface area contributed by atoms with Crippen LogP contribution in [-0.2, 0) is 6.61 Å². The first-order valence-electron chi connectivity index (χ1n) is 8.47. The highest BCUT2D eigenvalue weighted by Gasteiger charge is 2.04. The highest BCUT2D eigenvalue weighted by molar-refractivity contribution is 6.30. The normalized spacial score (nSPS) is 10.7. The van der Waals surface area contributed by atoms with Crippen LogP contribution in [0.3, 0.4) is 0 Å². The van der Waals surface area contributed by atoms with Gasteiger partial charge in [-0.3, -0.25) is 4.79 Å². The van der Waals surface area contributed by atoms with Crippen LogP contribution in [0.5, 0.6) is 5.75 Å². The number of amides is 1. The molecule has 0 aromatic heterocycles. The Morgan fingerprint density at radius 2 is 1.67 bits per heavy atom. The molecule has 3 aromatic carbocycles. The molecular weight excluding hydrogens is 360 g/mol. The lowest BCUT2D eigenvalue weighted by Crippen LogP contribution is -2.17. The van der Waals surface area contributed by atoms with Crippen LogP contribution >= 0.6 is 11.6 Å². The van der Waals surface area contributed by atoms with Crippen LogP contribution in [0.25, 0.3) is 0 Å². The number of rotatable bonds is 6. The Morgan fingerprint density at radius 3 is 2.33 bits per heavy atom. The van der Waals surface area contributed by atoms with Gasteiger partial charge in [-0.15, -0.1) is 0 Å². The fraction of sp³-hybridized carbons (Fsp3) is 0.0909. The molecule has 4 nitrogen and oxygen atoms in total. The van der Waals surface area contributed by atoms with Gasteiger partial charge in [-0.05, 0) is 54.4 Å². The molecule has 0 fully saturated rings. The first-order chi connectivity index (χ1) is 13.1. The summed E-state index contributed by atoms with van der Waals surface area (Å²) in [6, 6.07) is 22.3. The summed E-state index contributed by atoms with van der Waals surface area (Å²) in [5.74, 6) is 0.410. The van der Waals surface area contributed by atoms with Crippen molar-refractivity contribution in [3.8, 4) is 5.75 Å². The van der Waals surface area contributed by atoms with Gasteiger partial charge in [-0.25, -0.2) is 5.43 Å². The summed E-state index contributed by atoms with van der Waals surface area (Å²) in [7, 11) is 0. The third-order valence-corrected chi connectivity index (χ3v) is 4.14. The van der Waals surface area contributed by atoms with Crippen LogP contribution in [0, 0.1) is 6.92 Å². The lowest BCUT2D eigenvalue weighted by Gasteiger charge is -2.07. The van der Waals surface area contributed by atoms with Crippen molar-refractivity contribution in [3.05, 3.63) is 100 Å². The van der Waals surface area contributed by atoms with Gasteiger partial charge in [0.25, 0.3) is 5.91 Å². The number of hydrogen-bond donors (Lipinski definition) is 1. The number of nitrogens with zero attached hydrogens (tertiary/aromatic N) is 1. The summed E-state index contributed by atoms with van der Waals surface area (Å²) in [4.78, 5) is 12.1. The van der Waals surface area contributed by atoms with Crippen molar-refractivity contribution >= 4 is 23.7 Å². The van der Waals surface area contributed by atoms with Crippen molar-refractivity contribution < 1.29 is 9.53 Å². The van der Waals surface area contributed by atoms with E-state index in [0.29, 0.717) is 22.9 Å². The molecule has 0 radical (unpaired) electrons. The molecule has 0 heterocycles. The summed E-state index contributed by atoms with van der Waals surface area (Å²) in [5.41, 5.74) is 6.15. The topological polar surface area (TPSA) is 50.7 Å². The predicted molar refractivity (Wildman–Crippen MR) is 108 cm³/mol. The molecule has 3 rings (SSSR count). The molecule has 0 aliphatic heterocycles. The molecule has 0 spiro atoms. The van der Waals surface area contributed by atoms with E-state index in [1.807, 2.05) is 55.5 Å². The number of halogens is 1. The van der Waals surface area contributed by atoms with Gasteiger partial charge in [0.2, 0.25) is 0 Å². The first kappa shape index (κ1) is 18.7. The minimum atomic E-state index is -0.275. The van der Waals surface area contributed by atoms with Crippen molar-refractivity contribution in [2.45, 2.75) is 13.5 Å². The Bertz CT molecular complexity index is 918. The molecule has 1 amide bonds. The molecule has 3 aromatic rings. The van der Waals surface area contributed by atoms with E-state index in [0.717, 1.165) is 11.1 Å². The van der Waals surface area contributed by atoms with Crippen LogP contribution in [0.4, 0.5) is 0 Å². The van der Waals surface area contributed by atoms with Crippen LogP contribution in [-0.4, -0.2) is 12.1 Å². The Hall–Kier alpha value is -3.11. The molecule has 0 aliphatic carbocycles. The summed E-state index contributed by atoms with van der Waals surface area (Å²) < 4.78 is 5.71. The molecule has 136 valence electrons. The number of ether oxygens (including phenoxy) is 1. The second-order valence-corrected chi connectivity index (χ2v) is 6.49. The Morgan fingerprint density at radius 1 is 1.00 bits per heavy atom. The quantitative estimate of drug-likeness (QED) is 0.485. The zero-order valence-electron chi connectivity index (χ0n) is 14.9. The maximum absolute atomic E-state index is 12.1. The highest BCUT2D eigenvalue weighted by atomic mass is 35.5. The molecule has 5 heteroatoms. The van der Waals surface area contributed by atoms with E-state index in [-0.39, 0.29) is 5.91 Å². The maximum Gasteiger partial charge on any atom is 0.271 e. The summed E-state index contributed by atoms with van der Waals surface area (Å²) in [5, 5.41) is 4.68. The van der Waals surface area contributed by atoms with Gasteiger partial charge in [-0.2, -0.15) is 5.10 Å². The van der Waals surface area contributed by atoms with Gasteiger partial charge in [0.1, 0.15) is 12.4 Å². The third-order valence-electron chi connectivity index (χ3n) is 3.89. The van der Waals surface area contributed by atoms with Crippen molar-refractivity contribution in [2.24, 2.45) is 5.10 Å². The number of nitrogens with one attached hydrogen (secondary N) is 1. The molecule has 0 saturated heterocycles. The molecular formula is C22H19ClN2O2. The number of carbonyl (C=O) groups excluding carboxylic acids is 1. The number of hydrazone groups is 1. The molecule has 0 atom stereocenters. The van der Waals surface area contributed by atoms with Gasteiger partial charge < -0.3 is 4.74 Å². The average molecular weight is 379 g/mol. The Kier molecular flexibility index (Phi) is 6.23. The lowest BCUT2D eigenvalue weighted by molar-refractivity contribution is 0.0955. The number of carbonyl (C=O) groups is 1. The average Bonchev–Trinajstić information content (AvgIpc) is 2.69. The van der Waals surface area contributed by atoms with Crippen LogP contribution < -0.4 is 10.2 Å². The minimum absolute atomic E-state index is 0.275. The smallest absolute Gasteiger partial charge is 0.271 e. The second-order valence-electron chi connectivity index (χ2n) is 6.05. The van der Waals surface area contributed by atoms with Crippen LogP contribution in [0.1, 0.15) is 27.0 Å². The zero-order chi connectivity index (χ0) is 19.1. The number of benzene rings is 3. The first-order valence-corrected chi connectivity index (χ1v) is 8.85. The SMILES string of the molecule is Cc1ccc(C=NNC(=O)c2ccc(OCc3ccc(Cl)cc3)cc2)cc1. The summed E-state index contributed by atoms with van der Waals surface area (Å²) in [6.45, 7) is 2.45. The monoisotopic (exact) mass is 378 g/mol. The van der Waals surface area contributed by atoms with E-state index < -0.39 is 0 Å². The van der Waals surface area contributed by atoms with E-state index in [4.69, 9.17) is 16.3 Å². The van der Waals surface area contributed by atoms with E-state index in [2.05, 4.69) is 10.5 Å².